The van der Waals surface area contributed by atoms with Gasteiger partial charge in [0.25, 0.3) is 0 Å². The average Bonchev–Trinajstić information content (AvgIpc) is 2.60. The molecule has 0 spiro atoms. The van der Waals surface area contributed by atoms with Crippen LogP contribution in [-0.4, -0.2) is 15.8 Å². The van der Waals surface area contributed by atoms with Crippen LogP contribution < -0.4 is 11.3 Å². The average molecular weight is 303 g/mol. The molecular weight excluding hydrogens is 280 g/mol. The lowest BCUT2D eigenvalue weighted by Gasteiger charge is -2.15. The van der Waals surface area contributed by atoms with Crippen LogP contribution in [0.2, 0.25) is 0 Å². The highest BCUT2D eigenvalue weighted by molar-refractivity contribution is 9.10. The summed E-state index contributed by atoms with van der Waals surface area (Å²) < 4.78 is 3.10. The van der Waals surface area contributed by atoms with Crippen LogP contribution in [0, 0.1) is 0 Å². The van der Waals surface area contributed by atoms with Gasteiger partial charge in [0.15, 0.2) is 0 Å². The second-order valence-electron chi connectivity index (χ2n) is 4.39. The number of aromatic nitrogens is 2. The van der Waals surface area contributed by atoms with Crippen LogP contribution in [0.25, 0.3) is 0 Å². The lowest BCUT2D eigenvalue weighted by atomic mass is 10.1. The maximum atomic E-state index is 5.61. The first-order valence-electron chi connectivity index (χ1n) is 6.30. The van der Waals surface area contributed by atoms with Crippen LogP contribution in [0.3, 0.4) is 0 Å². The van der Waals surface area contributed by atoms with Gasteiger partial charge in [0.05, 0.1) is 15.9 Å². The Bertz CT molecular complexity index is 349. The first-order chi connectivity index (χ1) is 8.13. The van der Waals surface area contributed by atoms with Crippen molar-refractivity contribution in [2.75, 3.05) is 0 Å². The van der Waals surface area contributed by atoms with Crippen molar-refractivity contribution in [3.05, 3.63) is 15.9 Å². The number of nitrogens with one attached hydrogen (secondary N) is 1. The predicted molar refractivity (Wildman–Crippen MR) is 74.6 cm³/mol. The van der Waals surface area contributed by atoms with Crippen molar-refractivity contribution < 1.29 is 0 Å². The fourth-order valence-corrected chi connectivity index (χ4v) is 2.75. The molecule has 98 valence electrons. The Morgan fingerprint density at radius 2 is 2.18 bits per heavy atom. The third kappa shape index (κ3) is 3.79. The van der Waals surface area contributed by atoms with E-state index >= 15 is 0 Å². The Morgan fingerprint density at radius 3 is 2.65 bits per heavy atom. The van der Waals surface area contributed by atoms with Gasteiger partial charge in [-0.15, -0.1) is 0 Å². The SMILES string of the molecule is CCCCC(Cc1c(Br)c(CC)nn1C)NN. The quantitative estimate of drug-likeness (QED) is 0.600. The number of halogens is 1. The standard InChI is InChI=1S/C12H23BrN4/c1-4-6-7-9(15-14)8-11-12(13)10(5-2)16-17(11)3/h9,15H,4-8,14H2,1-3H3. The van der Waals surface area contributed by atoms with Crippen molar-refractivity contribution in [2.45, 2.75) is 52.0 Å². The number of hydrogen-bond donors (Lipinski definition) is 2. The van der Waals surface area contributed by atoms with E-state index in [-0.39, 0.29) is 0 Å². The van der Waals surface area contributed by atoms with Gasteiger partial charge in [-0.2, -0.15) is 5.10 Å². The number of nitrogens with two attached hydrogens (primary N) is 1. The number of aryl methyl sites for hydroxylation is 2. The van der Waals surface area contributed by atoms with Gasteiger partial charge in [0.1, 0.15) is 0 Å². The highest BCUT2D eigenvalue weighted by Gasteiger charge is 2.16. The lowest BCUT2D eigenvalue weighted by molar-refractivity contribution is 0.461. The molecule has 0 bridgehead atoms. The number of hydrogen-bond acceptors (Lipinski definition) is 3. The van der Waals surface area contributed by atoms with E-state index in [1.165, 1.54) is 18.5 Å². The predicted octanol–water partition coefficient (Wildman–Crippen LogP) is 2.31. The summed E-state index contributed by atoms with van der Waals surface area (Å²) in [6.07, 6.45) is 5.37. The molecule has 1 aromatic rings. The van der Waals surface area contributed by atoms with Crippen LogP contribution in [0.1, 0.15) is 44.5 Å². The van der Waals surface area contributed by atoms with Gasteiger partial charge in [-0.3, -0.25) is 16.0 Å². The van der Waals surface area contributed by atoms with Gasteiger partial charge in [-0.1, -0.05) is 26.7 Å². The van der Waals surface area contributed by atoms with E-state index < -0.39 is 0 Å². The van der Waals surface area contributed by atoms with E-state index in [2.05, 4.69) is 40.3 Å². The summed E-state index contributed by atoms with van der Waals surface area (Å²) in [4.78, 5) is 0. The van der Waals surface area contributed by atoms with Crippen LogP contribution in [0.5, 0.6) is 0 Å². The zero-order chi connectivity index (χ0) is 12.8. The highest BCUT2D eigenvalue weighted by atomic mass is 79.9. The zero-order valence-electron chi connectivity index (χ0n) is 11.0. The van der Waals surface area contributed by atoms with Crippen molar-refractivity contribution in [1.29, 1.82) is 0 Å². The van der Waals surface area contributed by atoms with Gasteiger partial charge in [0, 0.05) is 19.5 Å². The molecule has 0 radical (unpaired) electrons. The topological polar surface area (TPSA) is 55.9 Å². The van der Waals surface area contributed by atoms with Crippen LogP contribution in [0.4, 0.5) is 0 Å². The fraction of sp³-hybridized carbons (Fsp3) is 0.750. The van der Waals surface area contributed by atoms with Gasteiger partial charge < -0.3 is 0 Å². The summed E-state index contributed by atoms with van der Waals surface area (Å²) in [5, 5.41) is 4.50. The fourth-order valence-electron chi connectivity index (χ4n) is 1.97. The summed E-state index contributed by atoms with van der Waals surface area (Å²) in [6, 6.07) is 0.325. The molecule has 0 saturated carbocycles. The molecule has 0 fully saturated rings. The Morgan fingerprint density at radius 1 is 1.47 bits per heavy atom. The van der Waals surface area contributed by atoms with Gasteiger partial charge >= 0.3 is 0 Å². The summed E-state index contributed by atoms with van der Waals surface area (Å²) >= 11 is 3.64. The lowest BCUT2D eigenvalue weighted by Crippen LogP contribution is -2.37. The third-order valence-corrected chi connectivity index (χ3v) is 4.00. The van der Waals surface area contributed by atoms with E-state index in [0.29, 0.717) is 6.04 Å². The molecule has 1 unspecified atom stereocenters. The van der Waals surface area contributed by atoms with E-state index in [4.69, 9.17) is 5.84 Å². The monoisotopic (exact) mass is 302 g/mol. The molecule has 4 nitrogen and oxygen atoms in total. The molecule has 3 N–H and O–H groups in total. The van der Waals surface area contributed by atoms with E-state index in [0.717, 1.165) is 29.4 Å². The Labute approximate surface area is 112 Å². The van der Waals surface area contributed by atoms with Crippen LogP contribution in [-0.2, 0) is 19.9 Å². The molecule has 0 aliphatic heterocycles. The molecule has 0 aromatic carbocycles. The van der Waals surface area contributed by atoms with E-state index in [1.807, 2.05) is 11.7 Å². The zero-order valence-corrected chi connectivity index (χ0v) is 12.5. The number of rotatable bonds is 7. The van der Waals surface area contributed by atoms with Crippen LogP contribution >= 0.6 is 15.9 Å². The van der Waals surface area contributed by atoms with E-state index in [1.54, 1.807) is 0 Å². The normalized spacial score (nSPS) is 13.0. The van der Waals surface area contributed by atoms with Crippen molar-refractivity contribution in [3.8, 4) is 0 Å². The maximum Gasteiger partial charge on any atom is 0.0766 e. The van der Waals surface area contributed by atoms with Crippen LogP contribution in [0.15, 0.2) is 4.47 Å². The summed E-state index contributed by atoms with van der Waals surface area (Å²) in [6.45, 7) is 4.31. The van der Waals surface area contributed by atoms with Crippen molar-refractivity contribution in [2.24, 2.45) is 12.9 Å². The van der Waals surface area contributed by atoms with Crippen molar-refractivity contribution in [3.63, 3.8) is 0 Å². The maximum absolute atomic E-state index is 5.61. The molecule has 17 heavy (non-hydrogen) atoms. The minimum atomic E-state index is 0.325. The largest absolute Gasteiger partial charge is 0.271 e. The Balaban J connectivity index is 2.75. The Hall–Kier alpha value is -0.390. The van der Waals surface area contributed by atoms with Crippen molar-refractivity contribution >= 4 is 15.9 Å². The molecular formula is C12H23BrN4. The first kappa shape index (κ1) is 14.7. The Kier molecular flexibility index (Phi) is 6.16. The molecule has 1 aromatic heterocycles. The van der Waals surface area contributed by atoms with Crippen molar-refractivity contribution in [1.82, 2.24) is 15.2 Å². The van der Waals surface area contributed by atoms with Gasteiger partial charge in [-0.05, 0) is 28.8 Å². The molecule has 0 aliphatic rings. The molecule has 5 heteroatoms. The molecule has 1 atom stereocenters. The van der Waals surface area contributed by atoms with Gasteiger partial charge in [-0.25, -0.2) is 0 Å². The molecule has 0 amide bonds. The third-order valence-electron chi connectivity index (χ3n) is 3.08. The van der Waals surface area contributed by atoms with E-state index in [9.17, 15) is 0 Å². The number of nitrogens with zero attached hydrogens (tertiary/aromatic N) is 2. The summed E-state index contributed by atoms with van der Waals surface area (Å²) in [7, 11) is 1.99. The summed E-state index contributed by atoms with van der Waals surface area (Å²) in [5.41, 5.74) is 5.25. The summed E-state index contributed by atoms with van der Waals surface area (Å²) in [5.74, 6) is 5.61. The van der Waals surface area contributed by atoms with Gasteiger partial charge in [0.2, 0.25) is 0 Å². The molecule has 0 aliphatic carbocycles. The number of unbranched alkanes of at least 4 members (excludes halogenated alkanes) is 1. The number of hydrazine groups is 1. The molecule has 1 rings (SSSR count). The minimum absolute atomic E-state index is 0.325. The highest BCUT2D eigenvalue weighted by Crippen LogP contribution is 2.23. The second-order valence-corrected chi connectivity index (χ2v) is 5.19. The molecule has 0 saturated heterocycles. The molecule has 1 heterocycles. The first-order valence-corrected chi connectivity index (χ1v) is 7.09. The smallest absolute Gasteiger partial charge is 0.0766 e. The second kappa shape index (κ2) is 7.13. The minimum Gasteiger partial charge on any atom is -0.271 e.